The first-order valence-corrected chi connectivity index (χ1v) is 7.05. The van der Waals surface area contributed by atoms with Crippen molar-refractivity contribution in [3.05, 3.63) is 0 Å². The summed E-state index contributed by atoms with van der Waals surface area (Å²) in [7, 11) is 3.40. The molecule has 18 heavy (non-hydrogen) atoms. The number of methoxy groups -OCH3 is 1. The van der Waals surface area contributed by atoms with Gasteiger partial charge < -0.3 is 14.4 Å². The molecular formula is C13H24ClNO3. The lowest BCUT2D eigenvalue weighted by atomic mass is 10.0. The molecule has 2 atom stereocenters. The maximum atomic E-state index is 11.9. The molecule has 1 heterocycles. The van der Waals surface area contributed by atoms with Gasteiger partial charge in [0.15, 0.2) is 0 Å². The second-order valence-electron chi connectivity index (χ2n) is 4.85. The first kappa shape index (κ1) is 15.7. The van der Waals surface area contributed by atoms with Crippen molar-refractivity contribution in [1.82, 2.24) is 4.90 Å². The third-order valence-corrected chi connectivity index (χ3v) is 3.46. The molecule has 0 saturated carbocycles. The average molecular weight is 278 g/mol. The van der Waals surface area contributed by atoms with Crippen LogP contribution in [0.5, 0.6) is 0 Å². The van der Waals surface area contributed by atoms with E-state index in [0.29, 0.717) is 19.6 Å². The normalized spacial score (nSPS) is 21.6. The minimum atomic E-state index is -0.144. The molecule has 5 heteroatoms. The molecule has 0 aliphatic carbocycles. The van der Waals surface area contributed by atoms with Gasteiger partial charge in [-0.2, -0.15) is 0 Å². The van der Waals surface area contributed by atoms with Gasteiger partial charge in [-0.15, -0.1) is 11.6 Å². The highest BCUT2D eigenvalue weighted by atomic mass is 35.5. The van der Waals surface area contributed by atoms with Crippen LogP contribution in [0.4, 0.5) is 0 Å². The van der Waals surface area contributed by atoms with E-state index < -0.39 is 0 Å². The van der Waals surface area contributed by atoms with Gasteiger partial charge in [0.05, 0.1) is 18.1 Å². The maximum Gasteiger partial charge on any atom is 0.222 e. The molecule has 4 nitrogen and oxygen atoms in total. The van der Waals surface area contributed by atoms with Crippen LogP contribution in [-0.4, -0.2) is 56.2 Å². The van der Waals surface area contributed by atoms with Gasteiger partial charge in [-0.3, -0.25) is 4.79 Å². The van der Waals surface area contributed by atoms with Crippen LogP contribution in [0.25, 0.3) is 0 Å². The van der Waals surface area contributed by atoms with Crippen molar-refractivity contribution in [3.63, 3.8) is 0 Å². The lowest BCUT2D eigenvalue weighted by molar-refractivity contribution is -0.131. The van der Waals surface area contributed by atoms with Crippen molar-refractivity contribution >= 4 is 17.5 Å². The van der Waals surface area contributed by atoms with Crippen LogP contribution in [0.15, 0.2) is 0 Å². The van der Waals surface area contributed by atoms with Crippen LogP contribution >= 0.6 is 11.6 Å². The second-order valence-corrected chi connectivity index (χ2v) is 5.47. The highest BCUT2D eigenvalue weighted by molar-refractivity contribution is 6.21. The lowest BCUT2D eigenvalue weighted by Crippen LogP contribution is -2.34. The standard InChI is InChI=1S/C13H24ClNO3/c1-15(9-11(14)10-17-2)13(16)7-6-12-5-3-4-8-18-12/h11-12H,3-10H2,1-2H3. The van der Waals surface area contributed by atoms with Crippen molar-refractivity contribution in [1.29, 1.82) is 0 Å². The Labute approximate surface area is 115 Å². The Bertz CT molecular complexity index is 244. The SMILES string of the molecule is COCC(Cl)CN(C)C(=O)CCC1CCCCO1. The molecule has 1 amide bonds. The van der Waals surface area contributed by atoms with Gasteiger partial charge in [0.2, 0.25) is 5.91 Å². The summed E-state index contributed by atoms with van der Waals surface area (Å²) in [4.78, 5) is 13.6. The first-order valence-electron chi connectivity index (χ1n) is 6.62. The van der Waals surface area contributed by atoms with E-state index in [1.807, 2.05) is 0 Å². The maximum absolute atomic E-state index is 11.9. The molecule has 106 valence electrons. The van der Waals surface area contributed by atoms with Crippen LogP contribution in [0, 0.1) is 0 Å². The third kappa shape index (κ3) is 6.03. The molecule has 1 rings (SSSR count). The highest BCUT2D eigenvalue weighted by Crippen LogP contribution is 2.17. The summed E-state index contributed by atoms with van der Waals surface area (Å²) in [6.45, 7) is 1.83. The zero-order chi connectivity index (χ0) is 13.4. The van der Waals surface area contributed by atoms with E-state index in [1.165, 1.54) is 6.42 Å². The monoisotopic (exact) mass is 277 g/mol. The van der Waals surface area contributed by atoms with Crippen LogP contribution < -0.4 is 0 Å². The van der Waals surface area contributed by atoms with E-state index in [-0.39, 0.29) is 17.4 Å². The van der Waals surface area contributed by atoms with E-state index in [2.05, 4.69) is 0 Å². The van der Waals surface area contributed by atoms with Crippen molar-refractivity contribution in [2.45, 2.75) is 43.6 Å². The lowest BCUT2D eigenvalue weighted by Gasteiger charge is -2.24. The van der Waals surface area contributed by atoms with E-state index in [9.17, 15) is 4.79 Å². The topological polar surface area (TPSA) is 38.8 Å². The molecule has 0 spiro atoms. The smallest absolute Gasteiger partial charge is 0.222 e. The summed E-state index contributed by atoms with van der Waals surface area (Å²) in [5, 5.41) is -0.144. The van der Waals surface area contributed by atoms with Crippen LogP contribution in [0.1, 0.15) is 32.1 Å². The Kier molecular flexibility index (Phi) is 7.63. The first-order chi connectivity index (χ1) is 8.63. The number of carbonyl (C=O) groups is 1. The number of carbonyl (C=O) groups excluding carboxylic acids is 1. The molecule has 2 unspecified atom stereocenters. The van der Waals surface area contributed by atoms with E-state index in [4.69, 9.17) is 21.1 Å². The minimum Gasteiger partial charge on any atom is -0.383 e. The van der Waals surface area contributed by atoms with Gasteiger partial charge in [-0.05, 0) is 25.7 Å². The quantitative estimate of drug-likeness (QED) is 0.669. The molecule has 1 aliphatic heterocycles. The predicted octanol–water partition coefficient (Wildman–Crippen LogP) is 2.05. The summed E-state index contributed by atoms with van der Waals surface area (Å²) in [6, 6.07) is 0. The zero-order valence-electron chi connectivity index (χ0n) is 11.4. The van der Waals surface area contributed by atoms with Gasteiger partial charge in [0.1, 0.15) is 0 Å². The third-order valence-electron chi connectivity index (χ3n) is 3.20. The van der Waals surface area contributed by atoms with Crippen molar-refractivity contribution < 1.29 is 14.3 Å². The Balaban J connectivity index is 2.18. The van der Waals surface area contributed by atoms with Gasteiger partial charge in [-0.25, -0.2) is 0 Å². The number of alkyl halides is 1. The summed E-state index contributed by atoms with van der Waals surface area (Å²) in [5.41, 5.74) is 0. The van der Waals surface area contributed by atoms with E-state index in [1.54, 1.807) is 19.1 Å². The number of ether oxygens (including phenoxy) is 2. The number of nitrogens with zero attached hydrogens (tertiary/aromatic N) is 1. The fourth-order valence-electron chi connectivity index (χ4n) is 2.14. The molecule has 0 aromatic rings. The van der Waals surface area contributed by atoms with Gasteiger partial charge in [-0.1, -0.05) is 0 Å². The Hall–Kier alpha value is -0.320. The van der Waals surface area contributed by atoms with E-state index >= 15 is 0 Å². The Morgan fingerprint density at radius 2 is 2.33 bits per heavy atom. The van der Waals surface area contributed by atoms with Crippen LogP contribution in [-0.2, 0) is 14.3 Å². The Morgan fingerprint density at radius 3 is 2.94 bits per heavy atom. The van der Waals surface area contributed by atoms with Gasteiger partial charge in [0, 0.05) is 33.7 Å². The van der Waals surface area contributed by atoms with Crippen molar-refractivity contribution in [2.24, 2.45) is 0 Å². The molecule has 1 aliphatic rings. The molecule has 0 N–H and O–H groups in total. The molecule has 0 aromatic heterocycles. The van der Waals surface area contributed by atoms with E-state index in [0.717, 1.165) is 25.9 Å². The Morgan fingerprint density at radius 1 is 1.56 bits per heavy atom. The molecule has 0 aromatic carbocycles. The predicted molar refractivity (Wildman–Crippen MR) is 72.0 cm³/mol. The number of rotatable bonds is 7. The summed E-state index contributed by atoms with van der Waals surface area (Å²) >= 11 is 6.03. The average Bonchev–Trinajstić information content (AvgIpc) is 2.37. The number of halogens is 1. The summed E-state index contributed by atoms with van der Waals surface area (Å²) in [6.07, 6.45) is 5.07. The number of hydrogen-bond donors (Lipinski definition) is 0. The molecule has 1 fully saturated rings. The molecule has 0 radical (unpaired) electrons. The fourth-order valence-corrected chi connectivity index (χ4v) is 2.48. The number of amides is 1. The zero-order valence-corrected chi connectivity index (χ0v) is 12.1. The molecule has 1 saturated heterocycles. The second kappa shape index (κ2) is 8.73. The van der Waals surface area contributed by atoms with Gasteiger partial charge in [0.25, 0.3) is 0 Å². The molecule has 0 bridgehead atoms. The fraction of sp³-hybridized carbons (Fsp3) is 0.923. The largest absolute Gasteiger partial charge is 0.383 e. The number of hydrogen-bond acceptors (Lipinski definition) is 3. The van der Waals surface area contributed by atoms with Gasteiger partial charge >= 0.3 is 0 Å². The van der Waals surface area contributed by atoms with Crippen LogP contribution in [0.2, 0.25) is 0 Å². The minimum absolute atomic E-state index is 0.130. The summed E-state index contributed by atoms with van der Waals surface area (Å²) in [5.74, 6) is 0.130. The van der Waals surface area contributed by atoms with Crippen LogP contribution in [0.3, 0.4) is 0 Å². The highest BCUT2D eigenvalue weighted by Gasteiger charge is 2.18. The summed E-state index contributed by atoms with van der Waals surface area (Å²) < 4.78 is 10.6. The molecular weight excluding hydrogens is 254 g/mol. The van der Waals surface area contributed by atoms with Crippen molar-refractivity contribution in [3.8, 4) is 0 Å². The van der Waals surface area contributed by atoms with Crippen molar-refractivity contribution in [2.75, 3.05) is 33.9 Å².